The van der Waals surface area contributed by atoms with Gasteiger partial charge in [-0.1, -0.05) is 0 Å². The van der Waals surface area contributed by atoms with E-state index in [2.05, 4.69) is 15.5 Å². The van der Waals surface area contributed by atoms with Crippen molar-refractivity contribution in [3.05, 3.63) is 0 Å². The molecule has 0 radical (unpaired) electrons. The molecule has 0 aromatic rings. The van der Waals surface area contributed by atoms with Crippen molar-refractivity contribution in [1.29, 1.82) is 0 Å². The molecule has 1 fully saturated rings. The van der Waals surface area contributed by atoms with Crippen LogP contribution in [0.5, 0.6) is 0 Å². The van der Waals surface area contributed by atoms with Crippen LogP contribution in [0.4, 0.5) is 4.79 Å². The summed E-state index contributed by atoms with van der Waals surface area (Å²) in [6.45, 7) is 3.08. The fraction of sp³-hybridized carbons (Fsp3) is 0.818. The Balaban J connectivity index is 2.07. The highest BCUT2D eigenvalue weighted by molar-refractivity contribution is 5.82. The van der Waals surface area contributed by atoms with Gasteiger partial charge in [0.25, 0.3) is 0 Å². The van der Waals surface area contributed by atoms with Gasteiger partial charge in [-0.3, -0.25) is 0 Å². The molecular weight excluding hydrogens is 238 g/mol. The minimum Gasteiger partial charge on any atom is -0.480 e. The molecule has 1 aliphatic heterocycles. The Morgan fingerprint density at radius 2 is 1.94 bits per heavy atom. The lowest BCUT2D eigenvalue weighted by Crippen LogP contribution is -2.48. The standard InChI is InChI=1S/C11H21N3O4/c15-8-9(10(16)17)13-11(18)12-4-3-7-14-5-1-2-6-14/h9,15H,1-8H2,(H,16,17)(H2,12,13,18)/t9-/m0/s1. The zero-order valence-electron chi connectivity index (χ0n) is 10.4. The zero-order valence-corrected chi connectivity index (χ0v) is 10.4. The van der Waals surface area contributed by atoms with Crippen LogP contribution in [0.25, 0.3) is 0 Å². The van der Waals surface area contributed by atoms with E-state index in [9.17, 15) is 9.59 Å². The molecule has 0 aromatic heterocycles. The van der Waals surface area contributed by atoms with Gasteiger partial charge in [-0.25, -0.2) is 9.59 Å². The highest BCUT2D eigenvalue weighted by Crippen LogP contribution is 2.06. The molecule has 1 heterocycles. The van der Waals surface area contributed by atoms with Crippen LogP contribution < -0.4 is 10.6 Å². The summed E-state index contributed by atoms with van der Waals surface area (Å²) in [6, 6.07) is -1.80. The monoisotopic (exact) mass is 259 g/mol. The van der Waals surface area contributed by atoms with Crippen molar-refractivity contribution in [2.24, 2.45) is 0 Å². The van der Waals surface area contributed by atoms with Gasteiger partial charge in [0.05, 0.1) is 6.61 Å². The first-order chi connectivity index (χ1) is 8.63. The number of hydrogen-bond donors (Lipinski definition) is 4. The summed E-state index contributed by atoms with van der Waals surface area (Å²) in [5, 5.41) is 22.1. The number of amides is 2. The van der Waals surface area contributed by atoms with E-state index in [4.69, 9.17) is 10.2 Å². The predicted molar refractivity (Wildman–Crippen MR) is 65.3 cm³/mol. The molecule has 1 rings (SSSR count). The minimum absolute atomic E-state index is 0.500. The van der Waals surface area contributed by atoms with Crippen LogP contribution >= 0.6 is 0 Å². The maximum atomic E-state index is 11.3. The molecule has 104 valence electrons. The number of urea groups is 1. The summed E-state index contributed by atoms with van der Waals surface area (Å²) in [4.78, 5) is 24.2. The average Bonchev–Trinajstić information content (AvgIpc) is 2.84. The van der Waals surface area contributed by atoms with Gasteiger partial charge in [-0.15, -0.1) is 0 Å². The van der Waals surface area contributed by atoms with E-state index in [1.165, 1.54) is 12.8 Å². The normalized spacial score (nSPS) is 17.4. The molecule has 4 N–H and O–H groups in total. The van der Waals surface area contributed by atoms with Gasteiger partial charge < -0.3 is 25.7 Å². The van der Waals surface area contributed by atoms with Crippen molar-refractivity contribution < 1.29 is 19.8 Å². The van der Waals surface area contributed by atoms with E-state index in [0.717, 1.165) is 26.1 Å². The topological polar surface area (TPSA) is 102 Å². The lowest BCUT2D eigenvalue weighted by molar-refractivity contribution is -0.140. The largest absolute Gasteiger partial charge is 0.480 e. The van der Waals surface area contributed by atoms with Gasteiger partial charge in [-0.05, 0) is 38.9 Å². The van der Waals surface area contributed by atoms with Gasteiger partial charge in [0.2, 0.25) is 0 Å². The second kappa shape index (κ2) is 7.88. The molecule has 0 aliphatic carbocycles. The molecule has 0 unspecified atom stereocenters. The fourth-order valence-electron chi connectivity index (χ4n) is 1.91. The Labute approximate surface area is 106 Å². The molecule has 0 bridgehead atoms. The lowest BCUT2D eigenvalue weighted by Gasteiger charge is -2.15. The zero-order chi connectivity index (χ0) is 13.4. The number of carboxylic acid groups (broad SMARTS) is 1. The van der Waals surface area contributed by atoms with Crippen LogP contribution in [0.1, 0.15) is 19.3 Å². The maximum absolute atomic E-state index is 11.3. The molecule has 7 nitrogen and oxygen atoms in total. The van der Waals surface area contributed by atoms with Gasteiger partial charge in [0, 0.05) is 6.54 Å². The maximum Gasteiger partial charge on any atom is 0.328 e. The van der Waals surface area contributed by atoms with Crippen LogP contribution in [0.15, 0.2) is 0 Å². The predicted octanol–water partition coefficient (Wildman–Crippen LogP) is -0.783. The van der Waals surface area contributed by atoms with Gasteiger partial charge in [-0.2, -0.15) is 0 Å². The summed E-state index contributed by atoms with van der Waals surface area (Å²) in [5.74, 6) is -1.25. The number of aliphatic carboxylic acids is 1. The van der Waals surface area contributed by atoms with Crippen LogP contribution in [0.2, 0.25) is 0 Å². The Morgan fingerprint density at radius 1 is 1.28 bits per heavy atom. The average molecular weight is 259 g/mol. The summed E-state index contributed by atoms with van der Waals surface area (Å²) >= 11 is 0. The first-order valence-electron chi connectivity index (χ1n) is 6.24. The third kappa shape index (κ3) is 5.33. The number of carbonyl (C=O) groups excluding carboxylic acids is 1. The summed E-state index contributed by atoms with van der Waals surface area (Å²) < 4.78 is 0. The number of nitrogens with zero attached hydrogens (tertiary/aromatic N) is 1. The lowest BCUT2D eigenvalue weighted by atomic mass is 10.3. The van der Waals surface area contributed by atoms with E-state index in [1.807, 2.05) is 0 Å². The molecular formula is C11H21N3O4. The number of carbonyl (C=O) groups is 2. The van der Waals surface area contributed by atoms with Gasteiger partial charge in [0.15, 0.2) is 6.04 Å². The van der Waals surface area contributed by atoms with E-state index >= 15 is 0 Å². The van der Waals surface area contributed by atoms with Crippen LogP contribution in [-0.4, -0.2) is 65.9 Å². The van der Waals surface area contributed by atoms with Crippen molar-refractivity contribution in [1.82, 2.24) is 15.5 Å². The van der Waals surface area contributed by atoms with Gasteiger partial charge in [0.1, 0.15) is 0 Å². The van der Waals surface area contributed by atoms with Crippen molar-refractivity contribution >= 4 is 12.0 Å². The SMILES string of the molecule is O=C(NCCCN1CCCC1)N[C@@H](CO)C(=O)O. The minimum atomic E-state index is -1.25. The Morgan fingerprint density at radius 3 is 2.50 bits per heavy atom. The van der Waals surface area contributed by atoms with Gasteiger partial charge >= 0.3 is 12.0 Å². The molecule has 1 aliphatic rings. The number of aliphatic hydroxyl groups excluding tert-OH is 1. The van der Waals surface area contributed by atoms with Crippen LogP contribution in [-0.2, 0) is 4.79 Å². The quantitative estimate of drug-likeness (QED) is 0.449. The van der Waals surface area contributed by atoms with Crippen LogP contribution in [0.3, 0.4) is 0 Å². The Bertz CT molecular complexity index is 279. The van der Waals surface area contributed by atoms with E-state index in [-0.39, 0.29) is 0 Å². The number of likely N-dealkylation sites (tertiary alicyclic amines) is 1. The highest BCUT2D eigenvalue weighted by Gasteiger charge is 2.18. The molecule has 2 amide bonds. The molecule has 7 heteroatoms. The van der Waals surface area contributed by atoms with E-state index < -0.39 is 24.6 Å². The Kier molecular flexibility index (Phi) is 6.45. The van der Waals surface area contributed by atoms with Crippen molar-refractivity contribution in [2.45, 2.75) is 25.3 Å². The molecule has 1 atom stereocenters. The van der Waals surface area contributed by atoms with Crippen molar-refractivity contribution in [3.8, 4) is 0 Å². The first-order valence-corrected chi connectivity index (χ1v) is 6.24. The third-order valence-corrected chi connectivity index (χ3v) is 2.92. The Hall–Kier alpha value is -1.34. The molecule has 1 saturated heterocycles. The molecule has 0 saturated carbocycles. The second-order valence-corrected chi connectivity index (χ2v) is 4.38. The number of carboxylic acids is 1. The van der Waals surface area contributed by atoms with Crippen LogP contribution in [0, 0.1) is 0 Å². The number of nitrogens with one attached hydrogen (secondary N) is 2. The molecule has 0 spiro atoms. The summed E-state index contributed by atoms with van der Waals surface area (Å²) in [7, 11) is 0. The van der Waals surface area contributed by atoms with E-state index in [1.54, 1.807) is 0 Å². The number of aliphatic hydroxyl groups is 1. The summed E-state index contributed by atoms with van der Waals surface area (Å²) in [5.41, 5.74) is 0. The first kappa shape index (κ1) is 14.7. The third-order valence-electron chi connectivity index (χ3n) is 2.92. The number of rotatable bonds is 7. The van der Waals surface area contributed by atoms with Crippen molar-refractivity contribution in [2.75, 3.05) is 32.8 Å². The van der Waals surface area contributed by atoms with E-state index in [0.29, 0.717) is 6.54 Å². The molecule has 0 aromatic carbocycles. The fourth-order valence-corrected chi connectivity index (χ4v) is 1.91. The highest BCUT2D eigenvalue weighted by atomic mass is 16.4. The smallest absolute Gasteiger partial charge is 0.328 e. The number of hydrogen-bond acceptors (Lipinski definition) is 4. The van der Waals surface area contributed by atoms with Crippen molar-refractivity contribution in [3.63, 3.8) is 0 Å². The second-order valence-electron chi connectivity index (χ2n) is 4.38. The molecule has 18 heavy (non-hydrogen) atoms. The summed E-state index contributed by atoms with van der Waals surface area (Å²) in [6.07, 6.45) is 3.32.